The Bertz CT molecular complexity index is 1210. The summed E-state index contributed by atoms with van der Waals surface area (Å²) in [5.74, 6) is -1.74. The number of aliphatic hydroxyl groups is 2. The molecule has 0 bridgehead atoms. The molecule has 2 aromatic rings. The molecule has 1 amide bonds. The smallest absolute Gasteiger partial charge is 0.387 e. The largest absolute Gasteiger partial charge is 0.389 e. The number of carbonyl (C=O) groups is 1. The molecular formula is C27H36F3N3O4. The quantitative estimate of drug-likeness (QED) is 0.565. The van der Waals surface area contributed by atoms with Gasteiger partial charge in [0.25, 0.3) is 5.56 Å². The minimum Gasteiger partial charge on any atom is -0.387 e. The summed E-state index contributed by atoms with van der Waals surface area (Å²) in [6.07, 6.45) is -1.92. The van der Waals surface area contributed by atoms with Gasteiger partial charge in [-0.2, -0.15) is 13.2 Å². The zero-order valence-corrected chi connectivity index (χ0v) is 21.6. The van der Waals surface area contributed by atoms with Gasteiger partial charge in [0.05, 0.1) is 18.6 Å². The van der Waals surface area contributed by atoms with Gasteiger partial charge in [-0.25, -0.2) is 0 Å². The monoisotopic (exact) mass is 523 g/mol. The molecule has 2 unspecified atom stereocenters. The van der Waals surface area contributed by atoms with Crippen molar-refractivity contribution in [2.24, 2.45) is 11.3 Å². The molecule has 2 N–H and O–H groups in total. The summed E-state index contributed by atoms with van der Waals surface area (Å²) in [7, 11) is 3.45. The van der Waals surface area contributed by atoms with E-state index in [0.29, 0.717) is 29.2 Å². The van der Waals surface area contributed by atoms with E-state index in [1.807, 2.05) is 0 Å². The number of pyridine rings is 1. The van der Waals surface area contributed by atoms with Crippen LogP contribution in [0, 0.1) is 11.3 Å². The number of likely N-dealkylation sites (tertiary alicyclic amines) is 1. The minimum atomic E-state index is -4.43. The maximum absolute atomic E-state index is 13.5. The molecule has 1 spiro atoms. The van der Waals surface area contributed by atoms with Crippen LogP contribution in [0.15, 0.2) is 35.3 Å². The van der Waals surface area contributed by atoms with Gasteiger partial charge in [0, 0.05) is 41.6 Å². The van der Waals surface area contributed by atoms with Crippen LogP contribution in [0.3, 0.4) is 0 Å². The van der Waals surface area contributed by atoms with Gasteiger partial charge < -0.3 is 19.7 Å². The number of rotatable bonds is 6. The molecule has 1 aliphatic carbocycles. The van der Waals surface area contributed by atoms with Crippen LogP contribution in [0.25, 0.3) is 10.8 Å². The highest BCUT2D eigenvalue weighted by Gasteiger charge is 2.56. The Morgan fingerprint density at radius 3 is 2.35 bits per heavy atom. The standard InChI is InChI=1S/C27H36F3N3O4/c1-18(14-27(28,29)30)22(34)32-13-12-26(37,25(16-32)10-6-7-11-25)17-33-15-21(23(35)31(2)3)19-8-4-5-9-20(19)24(33)36/h4-5,8-9,15,18,23,35,37H,6-7,10-14,16-17H2,1-3H3/t18-,23?,26?/m1/s1. The van der Waals surface area contributed by atoms with Crippen molar-refractivity contribution in [1.82, 2.24) is 14.4 Å². The Hall–Kier alpha value is -2.43. The van der Waals surface area contributed by atoms with Crippen molar-refractivity contribution < 1.29 is 28.2 Å². The zero-order valence-electron chi connectivity index (χ0n) is 21.6. The number of hydrogen-bond donors (Lipinski definition) is 2. The van der Waals surface area contributed by atoms with Crippen LogP contribution < -0.4 is 5.56 Å². The van der Waals surface area contributed by atoms with Crippen molar-refractivity contribution in [3.05, 3.63) is 46.4 Å². The molecule has 10 heteroatoms. The molecule has 2 aliphatic rings. The van der Waals surface area contributed by atoms with Crippen molar-refractivity contribution in [1.29, 1.82) is 0 Å². The summed E-state index contributed by atoms with van der Waals surface area (Å²) in [5, 5.41) is 24.0. The fraction of sp³-hybridized carbons (Fsp3) is 0.630. The Labute approximate surface area is 214 Å². The number of aromatic nitrogens is 1. The number of fused-ring (bicyclic) bond motifs is 1. The lowest BCUT2D eigenvalue weighted by Gasteiger charge is -2.52. The number of benzene rings is 1. The summed E-state index contributed by atoms with van der Waals surface area (Å²) in [6, 6.07) is 7.02. The molecule has 1 aromatic carbocycles. The second-order valence-corrected chi connectivity index (χ2v) is 11.1. The lowest BCUT2D eigenvalue weighted by molar-refractivity contribution is -0.172. The number of carbonyl (C=O) groups excluding carboxylic acids is 1. The lowest BCUT2D eigenvalue weighted by Crippen LogP contribution is -2.62. The number of alkyl halides is 3. The second kappa shape index (κ2) is 10.0. The molecule has 1 saturated carbocycles. The van der Waals surface area contributed by atoms with E-state index < -0.39 is 41.7 Å². The number of piperidine rings is 1. The van der Waals surface area contributed by atoms with Gasteiger partial charge >= 0.3 is 6.18 Å². The average Bonchev–Trinajstić information content (AvgIpc) is 3.31. The third-order valence-corrected chi connectivity index (χ3v) is 8.33. The van der Waals surface area contributed by atoms with Crippen LogP contribution in [0.4, 0.5) is 13.2 Å². The van der Waals surface area contributed by atoms with E-state index in [4.69, 9.17) is 0 Å². The summed E-state index contributed by atoms with van der Waals surface area (Å²) < 4.78 is 40.2. The number of hydrogen-bond acceptors (Lipinski definition) is 5. The van der Waals surface area contributed by atoms with E-state index in [2.05, 4.69) is 0 Å². The summed E-state index contributed by atoms with van der Waals surface area (Å²) in [5.41, 5.74) is -1.80. The third kappa shape index (κ3) is 5.28. The van der Waals surface area contributed by atoms with Gasteiger partial charge in [0.15, 0.2) is 0 Å². The van der Waals surface area contributed by atoms with E-state index in [0.717, 1.165) is 12.8 Å². The number of halogens is 3. The SMILES string of the molecule is C[C@H](CC(F)(F)F)C(=O)N1CCC(O)(Cn2cc(C(O)N(C)C)c3ccccc3c2=O)C2(CCCC2)C1. The Morgan fingerprint density at radius 1 is 1.14 bits per heavy atom. The Morgan fingerprint density at radius 2 is 1.76 bits per heavy atom. The van der Waals surface area contributed by atoms with Crippen molar-refractivity contribution in [2.75, 3.05) is 27.2 Å². The molecule has 1 aliphatic heterocycles. The first-order chi connectivity index (χ1) is 17.3. The van der Waals surface area contributed by atoms with Gasteiger partial charge in [-0.15, -0.1) is 0 Å². The van der Waals surface area contributed by atoms with Crippen LogP contribution in [0.5, 0.6) is 0 Å². The van der Waals surface area contributed by atoms with Crippen molar-refractivity contribution in [2.45, 2.75) is 70.0 Å². The van der Waals surface area contributed by atoms with E-state index in [1.165, 1.54) is 16.4 Å². The fourth-order valence-corrected chi connectivity index (χ4v) is 6.29. The van der Waals surface area contributed by atoms with Crippen LogP contribution in [-0.4, -0.2) is 69.4 Å². The number of nitrogens with zero attached hydrogens (tertiary/aromatic N) is 3. The predicted octanol–water partition coefficient (Wildman–Crippen LogP) is 3.67. The first-order valence-corrected chi connectivity index (χ1v) is 12.8. The number of amides is 1. The first-order valence-electron chi connectivity index (χ1n) is 12.8. The topological polar surface area (TPSA) is 86.0 Å². The predicted molar refractivity (Wildman–Crippen MR) is 134 cm³/mol. The summed E-state index contributed by atoms with van der Waals surface area (Å²) in [4.78, 5) is 29.5. The minimum absolute atomic E-state index is 0.0239. The Kier molecular flexibility index (Phi) is 7.49. The van der Waals surface area contributed by atoms with Crippen LogP contribution in [-0.2, 0) is 11.3 Å². The van der Waals surface area contributed by atoms with Crippen molar-refractivity contribution in [3.8, 4) is 0 Å². The highest BCUT2D eigenvalue weighted by atomic mass is 19.4. The molecule has 2 heterocycles. The average molecular weight is 524 g/mol. The molecule has 0 radical (unpaired) electrons. The van der Waals surface area contributed by atoms with Crippen molar-refractivity contribution >= 4 is 16.7 Å². The normalized spacial score (nSPS) is 23.6. The van der Waals surface area contributed by atoms with Gasteiger partial charge in [-0.1, -0.05) is 38.0 Å². The molecule has 1 aromatic heterocycles. The summed E-state index contributed by atoms with van der Waals surface area (Å²) in [6.45, 7) is 1.56. The third-order valence-electron chi connectivity index (χ3n) is 8.33. The highest BCUT2D eigenvalue weighted by Crippen LogP contribution is 2.52. The lowest BCUT2D eigenvalue weighted by atomic mass is 9.65. The molecule has 3 atom stereocenters. The number of aliphatic hydroxyl groups excluding tert-OH is 1. The molecule has 7 nitrogen and oxygen atoms in total. The maximum Gasteiger partial charge on any atom is 0.389 e. The molecular weight excluding hydrogens is 487 g/mol. The summed E-state index contributed by atoms with van der Waals surface area (Å²) >= 11 is 0. The maximum atomic E-state index is 13.5. The fourth-order valence-electron chi connectivity index (χ4n) is 6.29. The van der Waals surface area contributed by atoms with Crippen LogP contribution in [0.1, 0.15) is 57.2 Å². The Balaban J connectivity index is 1.68. The van der Waals surface area contributed by atoms with E-state index in [1.54, 1.807) is 49.5 Å². The molecule has 4 rings (SSSR count). The van der Waals surface area contributed by atoms with E-state index in [-0.39, 0.29) is 31.6 Å². The van der Waals surface area contributed by atoms with Gasteiger partial charge in [-0.05, 0) is 44.8 Å². The van der Waals surface area contributed by atoms with Gasteiger partial charge in [0.2, 0.25) is 5.91 Å². The first kappa shape index (κ1) is 27.6. The highest BCUT2D eigenvalue weighted by molar-refractivity contribution is 5.85. The van der Waals surface area contributed by atoms with E-state index in [9.17, 15) is 33.0 Å². The molecule has 2 fully saturated rings. The zero-order chi connectivity index (χ0) is 27.2. The van der Waals surface area contributed by atoms with Crippen molar-refractivity contribution in [3.63, 3.8) is 0 Å². The molecule has 204 valence electrons. The van der Waals surface area contributed by atoms with Crippen LogP contribution >= 0.6 is 0 Å². The van der Waals surface area contributed by atoms with E-state index >= 15 is 0 Å². The van der Waals surface area contributed by atoms with Gasteiger partial charge in [0.1, 0.15) is 6.23 Å². The van der Waals surface area contributed by atoms with Gasteiger partial charge in [-0.3, -0.25) is 14.5 Å². The molecule has 1 saturated heterocycles. The van der Waals surface area contributed by atoms with Crippen LogP contribution in [0.2, 0.25) is 0 Å². The second-order valence-electron chi connectivity index (χ2n) is 11.1. The molecule has 37 heavy (non-hydrogen) atoms.